The summed E-state index contributed by atoms with van der Waals surface area (Å²) in [6.07, 6.45) is 1.83. The topological polar surface area (TPSA) is 9.23 Å². The largest absolute Gasteiger partial charge is 0.496 e. The van der Waals surface area contributed by atoms with Crippen molar-refractivity contribution in [2.24, 2.45) is 5.41 Å². The van der Waals surface area contributed by atoms with Gasteiger partial charge in [0.1, 0.15) is 5.75 Å². The van der Waals surface area contributed by atoms with Crippen LogP contribution in [0.15, 0.2) is 24.3 Å². The Morgan fingerprint density at radius 1 is 1.19 bits per heavy atom. The highest BCUT2D eigenvalue weighted by Crippen LogP contribution is 2.33. The molecule has 0 saturated carbocycles. The summed E-state index contributed by atoms with van der Waals surface area (Å²) in [6, 6.07) is 8.03. The number of hydrogen-bond donors (Lipinski definition) is 0. The number of benzene rings is 1. The van der Waals surface area contributed by atoms with E-state index in [1.54, 1.807) is 7.11 Å². The lowest BCUT2D eigenvalue weighted by molar-refractivity contribution is 0.348. The van der Waals surface area contributed by atoms with Crippen LogP contribution >= 0.6 is 23.2 Å². The molecule has 0 atom stereocenters. The van der Waals surface area contributed by atoms with Crippen molar-refractivity contribution in [2.45, 2.75) is 19.8 Å². The first-order valence-electron chi connectivity index (χ1n) is 5.45. The molecule has 16 heavy (non-hydrogen) atoms. The van der Waals surface area contributed by atoms with Gasteiger partial charge >= 0.3 is 0 Å². The Labute approximate surface area is 108 Å². The molecule has 0 aliphatic heterocycles. The van der Waals surface area contributed by atoms with Gasteiger partial charge in [0.25, 0.3) is 0 Å². The molecular formula is C13H18Cl2O. The molecule has 0 N–H and O–H groups in total. The van der Waals surface area contributed by atoms with E-state index in [9.17, 15) is 0 Å². The maximum Gasteiger partial charge on any atom is 0.122 e. The Morgan fingerprint density at radius 3 is 2.31 bits per heavy atom. The van der Waals surface area contributed by atoms with Crippen molar-refractivity contribution < 1.29 is 4.74 Å². The molecule has 0 unspecified atom stereocenters. The first-order valence-corrected chi connectivity index (χ1v) is 6.52. The van der Waals surface area contributed by atoms with Gasteiger partial charge in [-0.2, -0.15) is 0 Å². The fourth-order valence-electron chi connectivity index (χ4n) is 1.70. The molecule has 0 fully saturated rings. The first kappa shape index (κ1) is 13.7. The lowest BCUT2D eigenvalue weighted by Crippen LogP contribution is -2.27. The van der Waals surface area contributed by atoms with Crippen LogP contribution in [0, 0.1) is 5.41 Å². The van der Waals surface area contributed by atoms with Gasteiger partial charge in [0.15, 0.2) is 0 Å². The van der Waals surface area contributed by atoms with Crippen molar-refractivity contribution in [3.63, 3.8) is 0 Å². The molecule has 1 rings (SSSR count). The molecule has 0 aliphatic carbocycles. The van der Waals surface area contributed by atoms with Crippen LogP contribution in [0.4, 0.5) is 0 Å². The highest BCUT2D eigenvalue weighted by atomic mass is 35.5. The molecule has 0 bridgehead atoms. The smallest absolute Gasteiger partial charge is 0.122 e. The molecule has 0 radical (unpaired) electrons. The minimum absolute atomic E-state index is 0.0300. The van der Waals surface area contributed by atoms with Gasteiger partial charge in [-0.1, -0.05) is 25.1 Å². The third-order valence-electron chi connectivity index (χ3n) is 3.07. The van der Waals surface area contributed by atoms with E-state index in [-0.39, 0.29) is 5.41 Å². The second kappa shape index (κ2) is 6.36. The summed E-state index contributed by atoms with van der Waals surface area (Å²) < 4.78 is 5.34. The van der Waals surface area contributed by atoms with Crippen LogP contribution in [0.3, 0.4) is 0 Å². The van der Waals surface area contributed by atoms with Crippen molar-refractivity contribution in [3.8, 4) is 5.75 Å². The summed E-state index contributed by atoms with van der Waals surface area (Å²) in [5.74, 6) is 2.06. The van der Waals surface area contributed by atoms with Gasteiger partial charge in [0, 0.05) is 17.2 Å². The Bertz CT molecular complexity index is 313. The average Bonchev–Trinajstić information content (AvgIpc) is 2.36. The molecule has 0 saturated heterocycles. The fraction of sp³-hybridized carbons (Fsp3) is 0.538. The van der Waals surface area contributed by atoms with Crippen LogP contribution in [0.2, 0.25) is 0 Å². The van der Waals surface area contributed by atoms with Crippen LogP contribution in [0.5, 0.6) is 5.75 Å². The average molecular weight is 261 g/mol. The maximum absolute atomic E-state index is 6.04. The van der Waals surface area contributed by atoms with Gasteiger partial charge in [-0.05, 0) is 24.5 Å². The number of ether oxygens (including phenoxy) is 1. The number of rotatable bonds is 6. The van der Waals surface area contributed by atoms with E-state index in [2.05, 4.69) is 13.0 Å². The molecule has 0 aromatic heterocycles. The van der Waals surface area contributed by atoms with E-state index < -0.39 is 0 Å². The van der Waals surface area contributed by atoms with Crippen molar-refractivity contribution >= 4 is 23.2 Å². The lowest BCUT2D eigenvalue weighted by atomic mass is 9.82. The van der Waals surface area contributed by atoms with E-state index in [1.165, 1.54) is 5.56 Å². The zero-order valence-electron chi connectivity index (χ0n) is 9.80. The fourth-order valence-corrected chi connectivity index (χ4v) is 2.55. The summed E-state index contributed by atoms with van der Waals surface area (Å²) in [6.45, 7) is 2.13. The zero-order valence-corrected chi connectivity index (χ0v) is 11.3. The van der Waals surface area contributed by atoms with Crippen LogP contribution < -0.4 is 4.74 Å². The third-order valence-corrected chi connectivity index (χ3v) is 4.21. The van der Waals surface area contributed by atoms with E-state index in [4.69, 9.17) is 27.9 Å². The molecule has 0 heterocycles. The first-order chi connectivity index (χ1) is 7.71. The molecule has 0 aliphatic rings. The van der Waals surface area contributed by atoms with Crippen molar-refractivity contribution in [1.82, 2.24) is 0 Å². The normalized spacial score (nSPS) is 11.5. The van der Waals surface area contributed by atoms with Crippen molar-refractivity contribution in [3.05, 3.63) is 29.8 Å². The molecule has 1 nitrogen and oxygen atoms in total. The van der Waals surface area contributed by atoms with Crippen molar-refractivity contribution in [1.29, 1.82) is 0 Å². The standard InChI is InChI=1S/C13H18Cl2O/c1-3-13(9-14,10-15)8-11-6-4-5-7-12(11)16-2/h4-7H,3,8-10H2,1-2H3. The quantitative estimate of drug-likeness (QED) is 0.700. The second-order valence-electron chi connectivity index (χ2n) is 4.11. The summed E-state index contributed by atoms with van der Waals surface area (Å²) in [5, 5.41) is 0. The van der Waals surface area contributed by atoms with E-state index in [0.29, 0.717) is 11.8 Å². The summed E-state index contributed by atoms with van der Waals surface area (Å²) in [4.78, 5) is 0. The summed E-state index contributed by atoms with van der Waals surface area (Å²) >= 11 is 12.1. The van der Waals surface area contributed by atoms with E-state index in [1.807, 2.05) is 18.2 Å². The van der Waals surface area contributed by atoms with Crippen LogP contribution in [-0.4, -0.2) is 18.9 Å². The minimum atomic E-state index is -0.0300. The second-order valence-corrected chi connectivity index (χ2v) is 4.64. The van der Waals surface area contributed by atoms with Gasteiger partial charge < -0.3 is 4.74 Å². The SMILES string of the molecule is CCC(CCl)(CCl)Cc1ccccc1OC. The predicted octanol–water partition coefficient (Wildman–Crippen LogP) is 4.11. The number of hydrogen-bond acceptors (Lipinski definition) is 1. The van der Waals surface area contributed by atoms with Crippen LogP contribution in [-0.2, 0) is 6.42 Å². The van der Waals surface area contributed by atoms with Gasteiger partial charge in [-0.25, -0.2) is 0 Å². The molecule has 90 valence electrons. The number of alkyl halides is 2. The predicted molar refractivity (Wildman–Crippen MR) is 70.9 cm³/mol. The number of methoxy groups -OCH3 is 1. The van der Waals surface area contributed by atoms with E-state index >= 15 is 0 Å². The Morgan fingerprint density at radius 2 is 1.81 bits per heavy atom. The Hall–Kier alpha value is -0.400. The molecule has 3 heteroatoms. The van der Waals surface area contributed by atoms with E-state index in [0.717, 1.165) is 18.6 Å². The minimum Gasteiger partial charge on any atom is -0.496 e. The number of halogens is 2. The monoisotopic (exact) mass is 260 g/mol. The summed E-state index contributed by atoms with van der Waals surface area (Å²) in [7, 11) is 1.69. The van der Waals surface area contributed by atoms with Gasteiger partial charge in [0.05, 0.1) is 7.11 Å². The van der Waals surface area contributed by atoms with Crippen molar-refractivity contribution in [2.75, 3.05) is 18.9 Å². The Kier molecular flexibility index (Phi) is 5.43. The van der Waals surface area contributed by atoms with Gasteiger partial charge in [-0.15, -0.1) is 23.2 Å². The Balaban J connectivity index is 2.93. The molecule has 1 aromatic rings. The highest BCUT2D eigenvalue weighted by Gasteiger charge is 2.27. The molecular weight excluding hydrogens is 243 g/mol. The van der Waals surface area contributed by atoms with Gasteiger partial charge in [0.2, 0.25) is 0 Å². The number of para-hydroxylation sites is 1. The van der Waals surface area contributed by atoms with Gasteiger partial charge in [-0.3, -0.25) is 0 Å². The molecule has 0 spiro atoms. The highest BCUT2D eigenvalue weighted by molar-refractivity contribution is 6.21. The molecule has 0 amide bonds. The molecule has 1 aromatic carbocycles. The maximum atomic E-state index is 6.04. The van der Waals surface area contributed by atoms with Crippen LogP contribution in [0.1, 0.15) is 18.9 Å². The lowest BCUT2D eigenvalue weighted by Gasteiger charge is -2.28. The zero-order chi connectivity index (χ0) is 12.0. The summed E-state index contributed by atoms with van der Waals surface area (Å²) in [5.41, 5.74) is 1.14. The third kappa shape index (κ3) is 3.05. The van der Waals surface area contributed by atoms with Crippen LogP contribution in [0.25, 0.3) is 0 Å².